The van der Waals surface area contributed by atoms with E-state index in [1.165, 1.54) is 99.8 Å². The average molecular weight is 1340 g/mol. The topological polar surface area (TPSA) is 82.0 Å². The molecule has 0 saturated heterocycles. The van der Waals surface area contributed by atoms with Crippen molar-refractivity contribution in [3.05, 3.63) is 298 Å². The lowest BCUT2D eigenvalue weighted by molar-refractivity contribution is 0.0490. The van der Waals surface area contributed by atoms with Crippen molar-refractivity contribution in [1.29, 1.82) is 0 Å². The minimum absolute atomic E-state index is 0.427. The Labute approximate surface area is 595 Å². The van der Waals surface area contributed by atoms with Crippen molar-refractivity contribution in [1.82, 2.24) is 4.57 Å². The molecule has 1 aromatic heterocycles. The summed E-state index contributed by atoms with van der Waals surface area (Å²) in [6, 6.07) is 91.7. The van der Waals surface area contributed by atoms with Gasteiger partial charge in [0.1, 0.15) is 0 Å². The van der Waals surface area contributed by atoms with Crippen LogP contribution in [0, 0.1) is 13.8 Å². The molecule has 0 atom stereocenters. The van der Waals surface area contributed by atoms with Gasteiger partial charge in [0, 0.05) is 99.2 Å². The lowest BCUT2D eigenvalue weighted by Gasteiger charge is -2.35. The first kappa shape index (κ1) is 67.5. The monoisotopic (exact) mass is 1340 g/mol. The van der Waals surface area contributed by atoms with Crippen molar-refractivity contribution >= 4 is 38.9 Å². The number of para-hydroxylation sites is 1. The maximum atomic E-state index is 6.42. The molecule has 0 amide bonds. The molecule has 0 fully saturated rings. The molecule has 10 heteroatoms. The summed E-state index contributed by atoms with van der Waals surface area (Å²) in [5.41, 5.74) is 27.7. The Hall–Kier alpha value is -9.30. The van der Waals surface area contributed by atoms with Crippen LogP contribution >= 0.6 is 0 Å². The molecule has 0 bridgehead atoms. The van der Waals surface area contributed by atoms with Crippen molar-refractivity contribution < 1.29 is 37.9 Å². The molecule has 3 aliphatic carbocycles. The fraction of sp³-hybridized carbons (Fsp3) is 0.275. The van der Waals surface area contributed by atoms with Crippen LogP contribution in [0.3, 0.4) is 0 Å². The van der Waals surface area contributed by atoms with Gasteiger partial charge in [-0.1, -0.05) is 187 Å². The Morgan fingerprint density at radius 3 is 1.22 bits per heavy atom. The highest BCUT2D eigenvalue weighted by Gasteiger charge is 2.48. The molecular weight excluding hydrogens is 1250 g/mol. The Kier molecular flexibility index (Phi) is 19.9. The van der Waals surface area contributed by atoms with E-state index in [0.717, 1.165) is 70.6 Å². The van der Waals surface area contributed by atoms with E-state index in [2.05, 4.69) is 266 Å². The number of benzene rings is 11. The third kappa shape index (κ3) is 12.3. The standard InChI is InChI=1S/C91H90N2O8/c1-63-25-35-74-76-37-32-70(60-84(76)89(82(74)57-63,41-45-98-53-49-94-3)42-46-99-54-50-95-4)92(71-33-38-77-75-36-26-64(2)58-83(75)90(85(77)61-71,43-47-100-55-51-96-5)44-48-101-56-52-97-6)69-30-27-65(28-31-69)66-29-40-88-80(59-66)79-22-14-16-24-87(79)93(88)72-34-39-78-73-21-13-15-23-81(73)91(86(78)62-72,67-17-9-7-10-18-67)68-19-11-8-12-20-68/h7-40,57-62H,41-56H2,1-6H3. The Balaban J connectivity index is 0.865. The van der Waals surface area contributed by atoms with Crippen LogP contribution in [0.15, 0.2) is 243 Å². The Morgan fingerprint density at radius 2 is 0.703 bits per heavy atom. The lowest BCUT2D eigenvalue weighted by atomic mass is 9.67. The van der Waals surface area contributed by atoms with Crippen LogP contribution in [-0.2, 0) is 54.1 Å². The molecule has 0 radical (unpaired) electrons. The summed E-state index contributed by atoms with van der Waals surface area (Å²) in [6.07, 6.45) is 3.05. The van der Waals surface area contributed by atoms with E-state index < -0.39 is 16.2 Å². The molecule has 0 saturated carbocycles. The van der Waals surface area contributed by atoms with Crippen molar-refractivity contribution in [2.45, 2.75) is 55.8 Å². The van der Waals surface area contributed by atoms with Crippen LogP contribution < -0.4 is 4.90 Å². The summed E-state index contributed by atoms with van der Waals surface area (Å²) in [6.45, 7) is 10.8. The van der Waals surface area contributed by atoms with E-state index in [9.17, 15) is 0 Å². The molecule has 11 aromatic carbocycles. The van der Waals surface area contributed by atoms with Crippen molar-refractivity contribution in [2.75, 3.05) is 113 Å². The summed E-state index contributed by atoms with van der Waals surface area (Å²) >= 11 is 0. The zero-order valence-corrected chi connectivity index (χ0v) is 59.1. The van der Waals surface area contributed by atoms with Crippen molar-refractivity contribution in [2.24, 2.45) is 0 Å². The number of hydrogen-bond acceptors (Lipinski definition) is 9. The van der Waals surface area contributed by atoms with Gasteiger partial charge >= 0.3 is 0 Å². The Morgan fingerprint density at radius 1 is 0.297 bits per heavy atom. The molecule has 0 unspecified atom stereocenters. The quantitative estimate of drug-likeness (QED) is 0.0395. The van der Waals surface area contributed by atoms with Crippen LogP contribution in [-0.4, -0.2) is 112 Å². The molecular formula is C91H90N2O8. The van der Waals surface area contributed by atoms with Crippen LogP contribution in [0.1, 0.15) is 81.3 Å². The van der Waals surface area contributed by atoms with Crippen molar-refractivity contribution in [3.63, 3.8) is 0 Å². The van der Waals surface area contributed by atoms with Crippen LogP contribution in [0.4, 0.5) is 17.1 Å². The second kappa shape index (κ2) is 29.7. The highest BCUT2D eigenvalue weighted by atomic mass is 16.5. The summed E-state index contributed by atoms with van der Waals surface area (Å²) in [4.78, 5) is 2.48. The predicted octanol–water partition coefficient (Wildman–Crippen LogP) is 19.6. The van der Waals surface area contributed by atoms with Gasteiger partial charge < -0.3 is 47.4 Å². The number of rotatable bonds is 31. The van der Waals surface area contributed by atoms with E-state index in [-0.39, 0.29) is 0 Å². The van der Waals surface area contributed by atoms with Gasteiger partial charge in [0.05, 0.1) is 69.3 Å². The van der Waals surface area contributed by atoms with Gasteiger partial charge in [-0.15, -0.1) is 0 Å². The fourth-order valence-corrected chi connectivity index (χ4v) is 17.0. The molecule has 1 heterocycles. The number of anilines is 3. The molecule has 15 rings (SSSR count). The van der Waals surface area contributed by atoms with Gasteiger partial charge in [-0.05, 0) is 195 Å². The molecule has 3 aliphatic rings. The van der Waals surface area contributed by atoms with Crippen LogP contribution in [0.25, 0.3) is 72.0 Å². The van der Waals surface area contributed by atoms with Gasteiger partial charge in [0.25, 0.3) is 0 Å². The van der Waals surface area contributed by atoms with Crippen molar-refractivity contribution in [3.8, 4) is 50.2 Å². The molecule has 10 nitrogen and oxygen atoms in total. The third-order valence-electron chi connectivity index (χ3n) is 21.8. The SMILES string of the molecule is COCCOCCC1(CCOCCOC)c2cc(C)ccc2-c2ccc(N(c3ccc(-c4ccc5c(c4)c4ccccc4n5-c4ccc5c(c4)C(c4ccccc4)(c4ccccc4)c4ccccc4-5)cc3)c3ccc4c(c3)C(CCOCCOC)(CCOCCOC)c3cc(C)ccc3-4)cc21. The summed E-state index contributed by atoms with van der Waals surface area (Å²) in [7, 11) is 6.90. The van der Waals surface area contributed by atoms with Gasteiger partial charge in [-0.3, -0.25) is 0 Å². The van der Waals surface area contributed by atoms with Gasteiger partial charge in [-0.25, -0.2) is 0 Å². The second-order valence-electron chi connectivity index (χ2n) is 27.4. The first-order valence-corrected chi connectivity index (χ1v) is 35.8. The van der Waals surface area contributed by atoms with E-state index in [0.29, 0.717) is 79.3 Å². The molecule has 101 heavy (non-hydrogen) atoms. The molecule has 0 N–H and O–H groups in total. The van der Waals surface area contributed by atoms with E-state index in [1.807, 2.05) is 0 Å². The van der Waals surface area contributed by atoms with E-state index in [1.54, 1.807) is 28.4 Å². The smallest absolute Gasteiger partial charge is 0.0714 e. The third-order valence-corrected chi connectivity index (χ3v) is 21.8. The van der Waals surface area contributed by atoms with Gasteiger partial charge in [0.2, 0.25) is 0 Å². The summed E-state index contributed by atoms with van der Waals surface area (Å²) in [5, 5.41) is 2.40. The molecule has 0 spiro atoms. The summed E-state index contributed by atoms with van der Waals surface area (Å²) in [5.74, 6) is 0. The number of fused-ring (bicyclic) bond motifs is 12. The second-order valence-corrected chi connectivity index (χ2v) is 27.4. The first-order valence-electron chi connectivity index (χ1n) is 35.8. The maximum absolute atomic E-state index is 6.42. The molecule has 0 aliphatic heterocycles. The normalized spacial score (nSPS) is 14.0. The van der Waals surface area contributed by atoms with E-state index >= 15 is 0 Å². The minimum Gasteiger partial charge on any atom is -0.382 e. The number of hydrogen-bond donors (Lipinski definition) is 0. The van der Waals surface area contributed by atoms with Crippen LogP contribution in [0.2, 0.25) is 0 Å². The van der Waals surface area contributed by atoms with E-state index in [4.69, 9.17) is 37.9 Å². The number of aryl methyl sites for hydroxylation is 2. The zero-order chi connectivity index (χ0) is 68.9. The minimum atomic E-state index is -0.525. The Bertz CT molecular complexity index is 4700. The number of aromatic nitrogens is 1. The number of nitrogens with zero attached hydrogens (tertiary/aromatic N) is 2. The van der Waals surface area contributed by atoms with Gasteiger partial charge in [0.15, 0.2) is 0 Å². The summed E-state index contributed by atoms with van der Waals surface area (Å²) < 4.78 is 50.0. The number of ether oxygens (including phenoxy) is 8. The fourth-order valence-electron chi connectivity index (χ4n) is 17.0. The lowest BCUT2D eigenvalue weighted by Crippen LogP contribution is -2.30. The first-order chi connectivity index (χ1) is 49.7. The molecule has 12 aromatic rings. The van der Waals surface area contributed by atoms with Gasteiger partial charge in [-0.2, -0.15) is 0 Å². The molecule has 512 valence electrons. The largest absolute Gasteiger partial charge is 0.382 e. The zero-order valence-electron chi connectivity index (χ0n) is 59.1. The van der Waals surface area contributed by atoms with Crippen LogP contribution in [0.5, 0.6) is 0 Å². The predicted molar refractivity (Wildman–Crippen MR) is 409 cm³/mol. The highest BCUT2D eigenvalue weighted by molar-refractivity contribution is 6.10. The number of methoxy groups -OCH3 is 4. The average Bonchev–Trinajstić information content (AvgIpc) is 1.56. The maximum Gasteiger partial charge on any atom is 0.0714 e. The highest BCUT2D eigenvalue weighted by Crippen LogP contribution is 2.59.